The highest BCUT2D eigenvalue weighted by molar-refractivity contribution is 5.89. The molecule has 57 heavy (non-hydrogen) atoms. The van der Waals surface area contributed by atoms with Crippen LogP contribution in [0.1, 0.15) is 120 Å². The second kappa shape index (κ2) is 14.6. The Morgan fingerprint density at radius 3 is 1.98 bits per heavy atom. The van der Waals surface area contributed by atoms with Gasteiger partial charge in [0.1, 0.15) is 17.7 Å². The Morgan fingerprint density at radius 2 is 1.40 bits per heavy atom. The SMILES string of the molecule is COC(=O)N[C@H](C(=O)N1CCC[C@H]1c1nc2ccc(-c3ccc(-c4ccc5nc([C@@H]6CCCN6C(=O)CC(C)C)[nH]c5c4)c4c3CCC43CCC3)cc2[nH]1)C(C)C. The quantitative estimate of drug-likeness (QED) is 0.137. The number of hydrogen-bond donors (Lipinski definition) is 3. The summed E-state index contributed by atoms with van der Waals surface area (Å²) in [6, 6.07) is 16.9. The van der Waals surface area contributed by atoms with Crippen molar-refractivity contribution < 1.29 is 19.1 Å². The summed E-state index contributed by atoms with van der Waals surface area (Å²) in [5.41, 5.74) is 11.9. The van der Waals surface area contributed by atoms with Gasteiger partial charge < -0.3 is 29.8 Å². The summed E-state index contributed by atoms with van der Waals surface area (Å²) in [5, 5.41) is 2.75. The molecule has 4 heterocycles. The summed E-state index contributed by atoms with van der Waals surface area (Å²) in [4.78, 5) is 60.1. The number of carbonyl (C=O) groups excluding carboxylic acids is 3. The highest BCUT2D eigenvalue weighted by Gasteiger charge is 2.46. The summed E-state index contributed by atoms with van der Waals surface area (Å²) >= 11 is 0. The molecule has 5 aromatic rings. The summed E-state index contributed by atoms with van der Waals surface area (Å²) in [7, 11) is 1.31. The van der Waals surface area contributed by atoms with Crippen molar-refractivity contribution in [3.8, 4) is 22.3 Å². The van der Waals surface area contributed by atoms with Crippen LogP contribution >= 0.6 is 0 Å². The first-order valence-corrected chi connectivity index (χ1v) is 21.1. The van der Waals surface area contributed by atoms with Crippen molar-refractivity contribution in [1.82, 2.24) is 35.1 Å². The second-order valence-electron chi connectivity index (χ2n) is 17.7. The predicted molar refractivity (Wildman–Crippen MR) is 221 cm³/mol. The van der Waals surface area contributed by atoms with E-state index in [-0.39, 0.29) is 35.2 Å². The maximum Gasteiger partial charge on any atom is 0.407 e. The monoisotopic (exact) mass is 769 g/mol. The zero-order chi connectivity index (χ0) is 39.6. The molecule has 2 aromatic heterocycles. The Labute approximate surface area is 334 Å². The van der Waals surface area contributed by atoms with E-state index in [4.69, 9.17) is 14.7 Å². The van der Waals surface area contributed by atoms with Crippen LogP contribution in [-0.4, -0.2) is 73.9 Å². The minimum atomic E-state index is -0.675. The molecule has 298 valence electrons. The Kier molecular flexibility index (Phi) is 9.60. The number of alkyl carbamates (subject to hydrolysis) is 1. The van der Waals surface area contributed by atoms with E-state index >= 15 is 0 Å². The molecular weight excluding hydrogens is 715 g/mol. The number of benzene rings is 3. The third-order valence-corrected chi connectivity index (χ3v) is 13.3. The first-order chi connectivity index (χ1) is 27.5. The minimum Gasteiger partial charge on any atom is -0.453 e. The van der Waals surface area contributed by atoms with Crippen molar-refractivity contribution in [2.45, 2.75) is 115 Å². The summed E-state index contributed by atoms with van der Waals surface area (Å²) in [6.45, 7) is 9.48. The summed E-state index contributed by atoms with van der Waals surface area (Å²) in [5.74, 6) is 2.03. The van der Waals surface area contributed by atoms with Crippen LogP contribution in [0.4, 0.5) is 4.79 Å². The molecule has 3 atom stereocenters. The van der Waals surface area contributed by atoms with Crippen LogP contribution in [0.2, 0.25) is 0 Å². The topological polar surface area (TPSA) is 136 Å². The number of hydrogen-bond acceptors (Lipinski definition) is 6. The van der Waals surface area contributed by atoms with E-state index in [1.807, 2.05) is 23.6 Å². The first-order valence-electron chi connectivity index (χ1n) is 21.1. The molecule has 9 rings (SSSR count). The minimum absolute atomic E-state index is 0.00401. The van der Waals surface area contributed by atoms with Crippen molar-refractivity contribution in [1.29, 1.82) is 0 Å². The molecule has 0 unspecified atom stereocenters. The van der Waals surface area contributed by atoms with Gasteiger partial charge in [0, 0.05) is 19.5 Å². The maximum absolute atomic E-state index is 13.8. The average Bonchev–Trinajstić information content (AvgIpc) is 4.02. The number of aromatic nitrogens is 4. The van der Waals surface area contributed by atoms with Gasteiger partial charge in [-0.2, -0.15) is 0 Å². The zero-order valence-electron chi connectivity index (χ0n) is 33.9. The molecule has 0 radical (unpaired) electrons. The van der Waals surface area contributed by atoms with Crippen molar-refractivity contribution >= 4 is 40.0 Å². The summed E-state index contributed by atoms with van der Waals surface area (Å²) < 4.78 is 4.82. The largest absolute Gasteiger partial charge is 0.453 e. The number of methoxy groups -OCH3 is 1. The van der Waals surface area contributed by atoms with Gasteiger partial charge in [-0.3, -0.25) is 9.59 Å². The highest BCUT2D eigenvalue weighted by Crippen LogP contribution is 2.57. The fourth-order valence-corrected chi connectivity index (χ4v) is 10.3. The molecule has 1 spiro atoms. The van der Waals surface area contributed by atoms with E-state index < -0.39 is 12.1 Å². The Morgan fingerprint density at radius 1 is 0.807 bits per heavy atom. The van der Waals surface area contributed by atoms with Gasteiger partial charge in [0.25, 0.3) is 0 Å². The molecule has 2 aliphatic carbocycles. The van der Waals surface area contributed by atoms with Gasteiger partial charge >= 0.3 is 6.09 Å². The second-order valence-corrected chi connectivity index (χ2v) is 17.7. The molecule has 11 heteroatoms. The van der Waals surface area contributed by atoms with Crippen molar-refractivity contribution in [2.24, 2.45) is 11.8 Å². The number of ether oxygens (including phenoxy) is 1. The lowest BCUT2D eigenvalue weighted by atomic mass is 9.63. The van der Waals surface area contributed by atoms with Gasteiger partial charge in [-0.25, -0.2) is 14.8 Å². The number of nitrogens with one attached hydrogen (secondary N) is 3. The molecule has 1 saturated carbocycles. The van der Waals surface area contributed by atoms with E-state index in [1.54, 1.807) is 0 Å². The zero-order valence-corrected chi connectivity index (χ0v) is 33.9. The van der Waals surface area contributed by atoms with Crippen LogP contribution in [0.3, 0.4) is 0 Å². The Balaban J connectivity index is 1.02. The smallest absolute Gasteiger partial charge is 0.407 e. The molecule has 3 amide bonds. The fraction of sp³-hybridized carbons (Fsp3) is 0.500. The van der Waals surface area contributed by atoms with Gasteiger partial charge in [0.2, 0.25) is 11.8 Å². The van der Waals surface area contributed by atoms with Crippen molar-refractivity contribution in [3.63, 3.8) is 0 Å². The highest BCUT2D eigenvalue weighted by atomic mass is 16.5. The number of likely N-dealkylation sites (tertiary alicyclic amines) is 2. The third kappa shape index (κ3) is 6.56. The van der Waals surface area contributed by atoms with Gasteiger partial charge in [-0.1, -0.05) is 58.4 Å². The molecule has 2 aliphatic heterocycles. The number of amides is 3. The Hall–Kier alpha value is -5.19. The van der Waals surface area contributed by atoms with Crippen molar-refractivity contribution in [3.05, 3.63) is 71.3 Å². The van der Waals surface area contributed by atoms with E-state index in [1.165, 1.54) is 66.2 Å². The molecule has 11 nitrogen and oxygen atoms in total. The van der Waals surface area contributed by atoms with Crippen LogP contribution in [0.5, 0.6) is 0 Å². The number of rotatable bonds is 9. The van der Waals surface area contributed by atoms with E-state index in [0.717, 1.165) is 72.4 Å². The van der Waals surface area contributed by atoms with E-state index in [0.29, 0.717) is 18.9 Å². The van der Waals surface area contributed by atoms with Crippen LogP contribution in [-0.2, 0) is 26.2 Å². The van der Waals surface area contributed by atoms with Crippen LogP contribution in [0.15, 0.2) is 48.5 Å². The van der Waals surface area contributed by atoms with Crippen molar-refractivity contribution in [2.75, 3.05) is 20.2 Å². The molecule has 4 aliphatic rings. The lowest BCUT2D eigenvalue weighted by Crippen LogP contribution is -2.51. The molecule has 3 aromatic carbocycles. The maximum atomic E-state index is 13.8. The molecule has 3 N–H and O–H groups in total. The number of H-pyrrole nitrogens is 2. The first kappa shape index (κ1) is 37.4. The van der Waals surface area contributed by atoms with E-state index in [2.05, 4.69) is 77.7 Å². The third-order valence-electron chi connectivity index (χ3n) is 13.3. The van der Waals surface area contributed by atoms with Crippen LogP contribution in [0, 0.1) is 11.8 Å². The number of carbonyl (C=O) groups is 3. The standard InChI is InChI=1S/C46H55N7O4/c1-26(2)23-39(54)52-21-6-9-37(52)42-47-34-16-12-29(25-36(34)49-42)31-14-13-30(32-17-20-46(40(31)32)18-8-19-46)28-11-15-33-35(24-28)50-43(48-33)38-10-7-22-53(38)44(55)41(27(3)4)51-45(56)57-5/h11-16,24-27,37-38,41H,6-10,17-23H2,1-5H3,(H,47,49)(H,48,50)(H,51,56)/t37-,38-,41-/m0/s1. The van der Waals surface area contributed by atoms with E-state index in [9.17, 15) is 14.4 Å². The molecule has 3 fully saturated rings. The average molecular weight is 770 g/mol. The van der Waals surface area contributed by atoms with Crippen LogP contribution < -0.4 is 5.32 Å². The number of fused-ring (bicyclic) bond motifs is 4. The number of imidazole rings is 2. The predicted octanol–water partition coefficient (Wildman–Crippen LogP) is 8.89. The van der Waals surface area contributed by atoms with Crippen LogP contribution in [0.25, 0.3) is 44.3 Å². The Bertz CT molecular complexity index is 2370. The van der Waals surface area contributed by atoms with Gasteiger partial charge in [0.15, 0.2) is 0 Å². The molecule has 2 saturated heterocycles. The molecular formula is C46H55N7O4. The lowest BCUT2D eigenvalue weighted by Gasteiger charge is -2.41. The van der Waals surface area contributed by atoms with Gasteiger partial charge in [-0.05, 0) is 126 Å². The fourth-order valence-electron chi connectivity index (χ4n) is 10.3. The molecule has 0 bridgehead atoms. The summed E-state index contributed by atoms with van der Waals surface area (Å²) in [6.07, 6.45) is 9.52. The lowest BCUT2D eigenvalue weighted by molar-refractivity contribution is -0.135. The normalized spacial score (nSPS) is 20.5. The number of nitrogens with zero attached hydrogens (tertiary/aromatic N) is 4. The number of aromatic amines is 2. The van der Waals surface area contributed by atoms with Gasteiger partial charge in [0.05, 0.1) is 41.3 Å². The van der Waals surface area contributed by atoms with Gasteiger partial charge in [-0.15, -0.1) is 0 Å².